The molecule has 6 heteroatoms. The molecule has 1 aliphatic rings. The molecule has 0 bridgehead atoms. The van der Waals surface area contributed by atoms with Crippen molar-refractivity contribution in [1.29, 1.82) is 0 Å². The topological polar surface area (TPSA) is 59.0 Å². The van der Waals surface area contributed by atoms with Crippen LogP contribution in [0.15, 0.2) is 67.0 Å². The maximum Gasteiger partial charge on any atom is 0.225 e. The van der Waals surface area contributed by atoms with Crippen molar-refractivity contribution in [3.8, 4) is 0 Å². The van der Waals surface area contributed by atoms with Crippen LogP contribution in [0.2, 0.25) is 0 Å². The van der Waals surface area contributed by atoms with Gasteiger partial charge in [-0.15, -0.1) is 0 Å². The van der Waals surface area contributed by atoms with E-state index in [0.717, 1.165) is 17.7 Å². The lowest BCUT2D eigenvalue weighted by atomic mass is 9.89. The summed E-state index contributed by atoms with van der Waals surface area (Å²) in [7, 11) is 1.87. The van der Waals surface area contributed by atoms with Crippen LogP contribution >= 0.6 is 0 Å². The largest absolute Gasteiger partial charge is 0.349 e. The highest BCUT2D eigenvalue weighted by Crippen LogP contribution is 2.29. The monoisotopic (exact) mass is 392 g/mol. The fourth-order valence-corrected chi connectivity index (χ4v) is 4.06. The van der Waals surface area contributed by atoms with Gasteiger partial charge in [-0.1, -0.05) is 48.5 Å². The smallest absolute Gasteiger partial charge is 0.225 e. The van der Waals surface area contributed by atoms with Crippen LogP contribution < -0.4 is 10.6 Å². The van der Waals surface area contributed by atoms with Gasteiger partial charge in [0, 0.05) is 37.8 Å². The van der Waals surface area contributed by atoms with Gasteiger partial charge in [-0.2, -0.15) is 5.10 Å². The molecule has 1 fully saturated rings. The molecule has 2 heterocycles. The van der Waals surface area contributed by atoms with Crippen LogP contribution in [-0.4, -0.2) is 28.8 Å². The summed E-state index contributed by atoms with van der Waals surface area (Å²) in [4.78, 5) is 13.2. The van der Waals surface area contributed by atoms with Crippen molar-refractivity contribution in [1.82, 2.24) is 20.4 Å². The molecule has 0 saturated carbocycles. The molecule has 1 amide bonds. The summed E-state index contributed by atoms with van der Waals surface area (Å²) in [5, 5.41) is 10.7. The normalized spacial score (nSPS) is 19.8. The molecule has 0 radical (unpaired) electrons. The first kappa shape index (κ1) is 19.3. The number of amides is 1. The van der Waals surface area contributed by atoms with Gasteiger partial charge in [0.1, 0.15) is 5.82 Å². The van der Waals surface area contributed by atoms with Crippen LogP contribution in [0.1, 0.15) is 28.7 Å². The Morgan fingerprint density at radius 1 is 1.21 bits per heavy atom. The van der Waals surface area contributed by atoms with Crippen molar-refractivity contribution in [2.24, 2.45) is 13.0 Å². The molecule has 150 valence electrons. The molecule has 4 rings (SSSR count). The summed E-state index contributed by atoms with van der Waals surface area (Å²) >= 11 is 0. The number of carbonyl (C=O) groups excluding carboxylic acids is 1. The van der Waals surface area contributed by atoms with Gasteiger partial charge in [-0.3, -0.25) is 9.48 Å². The fraction of sp³-hybridized carbons (Fsp3) is 0.304. The average Bonchev–Trinajstić information content (AvgIpc) is 3.37. The SMILES string of the molecule is Cn1cc([C@H]2CNC[C@@H]2C(=O)NC(Cc2ccccc2)c2ccccc2F)cn1. The molecule has 0 aliphatic carbocycles. The van der Waals surface area contributed by atoms with E-state index >= 15 is 0 Å². The quantitative estimate of drug-likeness (QED) is 0.678. The Morgan fingerprint density at radius 2 is 1.97 bits per heavy atom. The number of benzene rings is 2. The average molecular weight is 392 g/mol. The number of nitrogens with one attached hydrogen (secondary N) is 2. The highest BCUT2D eigenvalue weighted by atomic mass is 19.1. The highest BCUT2D eigenvalue weighted by molar-refractivity contribution is 5.81. The van der Waals surface area contributed by atoms with Crippen molar-refractivity contribution >= 4 is 5.91 Å². The van der Waals surface area contributed by atoms with E-state index in [4.69, 9.17) is 0 Å². The minimum absolute atomic E-state index is 0.0571. The lowest BCUT2D eigenvalue weighted by Gasteiger charge is -2.24. The maximum atomic E-state index is 14.5. The van der Waals surface area contributed by atoms with E-state index in [2.05, 4.69) is 15.7 Å². The molecule has 2 aromatic carbocycles. The molecule has 2 N–H and O–H groups in total. The van der Waals surface area contributed by atoms with Gasteiger partial charge in [0.2, 0.25) is 5.91 Å². The Labute approximate surface area is 169 Å². The Morgan fingerprint density at radius 3 is 2.69 bits per heavy atom. The van der Waals surface area contributed by atoms with Crippen molar-refractivity contribution in [2.45, 2.75) is 18.4 Å². The third-order valence-corrected chi connectivity index (χ3v) is 5.58. The number of aryl methyl sites for hydroxylation is 1. The van der Waals surface area contributed by atoms with Gasteiger partial charge in [0.15, 0.2) is 0 Å². The molecule has 3 aromatic rings. The van der Waals surface area contributed by atoms with E-state index in [0.29, 0.717) is 18.5 Å². The van der Waals surface area contributed by atoms with Crippen molar-refractivity contribution < 1.29 is 9.18 Å². The zero-order valence-corrected chi connectivity index (χ0v) is 16.4. The van der Waals surface area contributed by atoms with E-state index in [1.54, 1.807) is 22.9 Å². The van der Waals surface area contributed by atoms with Gasteiger partial charge >= 0.3 is 0 Å². The Balaban J connectivity index is 1.56. The second-order valence-electron chi connectivity index (χ2n) is 7.59. The lowest BCUT2D eigenvalue weighted by Crippen LogP contribution is -2.38. The molecular weight excluding hydrogens is 367 g/mol. The van der Waals surface area contributed by atoms with E-state index < -0.39 is 6.04 Å². The minimum Gasteiger partial charge on any atom is -0.349 e. The molecule has 29 heavy (non-hydrogen) atoms. The molecule has 1 aromatic heterocycles. The Hall–Kier alpha value is -2.99. The van der Waals surface area contributed by atoms with Crippen molar-refractivity contribution in [2.75, 3.05) is 13.1 Å². The number of hydrogen-bond acceptors (Lipinski definition) is 3. The number of rotatable bonds is 6. The summed E-state index contributed by atoms with van der Waals surface area (Å²) in [6.45, 7) is 1.33. The third kappa shape index (κ3) is 4.38. The van der Waals surface area contributed by atoms with E-state index in [-0.39, 0.29) is 23.6 Å². The number of aromatic nitrogens is 2. The van der Waals surface area contributed by atoms with Crippen molar-refractivity contribution in [3.63, 3.8) is 0 Å². The first-order valence-corrected chi connectivity index (χ1v) is 9.90. The minimum atomic E-state index is -0.429. The van der Waals surface area contributed by atoms with Crippen LogP contribution in [0.4, 0.5) is 4.39 Å². The second-order valence-corrected chi connectivity index (χ2v) is 7.59. The van der Waals surface area contributed by atoms with Crippen LogP contribution in [0.3, 0.4) is 0 Å². The molecular formula is C23H25FN4O. The molecule has 1 aliphatic heterocycles. The summed E-state index contributed by atoms with van der Waals surface area (Å²) in [5.41, 5.74) is 2.60. The molecule has 1 saturated heterocycles. The first-order valence-electron chi connectivity index (χ1n) is 9.90. The fourth-order valence-electron chi connectivity index (χ4n) is 4.06. The summed E-state index contributed by atoms with van der Waals surface area (Å²) in [5.74, 6) is -0.527. The number of nitrogens with zero attached hydrogens (tertiary/aromatic N) is 2. The predicted octanol–water partition coefficient (Wildman–Crippen LogP) is 2.96. The van der Waals surface area contributed by atoms with Gasteiger partial charge < -0.3 is 10.6 Å². The predicted molar refractivity (Wildman–Crippen MR) is 110 cm³/mol. The van der Waals surface area contributed by atoms with Crippen LogP contribution in [0, 0.1) is 11.7 Å². The second kappa shape index (κ2) is 8.57. The zero-order chi connectivity index (χ0) is 20.2. The van der Waals surface area contributed by atoms with Crippen LogP contribution in [0.25, 0.3) is 0 Å². The first-order chi connectivity index (χ1) is 14.1. The van der Waals surface area contributed by atoms with Crippen LogP contribution in [-0.2, 0) is 18.3 Å². The van der Waals surface area contributed by atoms with E-state index in [9.17, 15) is 9.18 Å². The number of carbonyl (C=O) groups is 1. The molecule has 1 unspecified atom stereocenters. The van der Waals surface area contributed by atoms with E-state index in [1.807, 2.05) is 49.8 Å². The summed E-state index contributed by atoms with van der Waals surface area (Å²) in [6, 6.07) is 16.1. The van der Waals surface area contributed by atoms with Gasteiger partial charge in [0.25, 0.3) is 0 Å². The van der Waals surface area contributed by atoms with Crippen molar-refractivity contribution in [3.05, 3.63) is 89.5 Å². The zero-order valence-electron chi connectivity index (χ0n) is 16.4. The third-order valence-electron chi connectivity index (χ3n) is 5.58. The molecule has 0 spiro atoms. The molecule has 5 nitrogen and oxygen atoms in total. The Bertz CT molecular complexity index is 972. The van der Waals surface area contributed by atoms with Gasteiger partial charge in [-0.05, 0) is 23.6 Å². The Kier molecular flexibility index (Phi) is 5.71. The van der Waals surface area contributed by atoms with Gasteiger partial charge in [0.05, 0.1) is 18.2 Å². The lowest BCUT2D eigenvalue weighted by molar-refractivity contribution is -0.125. The number of halogens is 1. The standard InChI is InChI=1S/C23H25FN4O/c1-28-15-17(12-26-28)19-13-25-14-20(19)23(29)27-22(11-16-7-3-2-4-8-16)18-9-5-6-10-21(18)24/h2-10,12,15,19-20,22,25H,11,13-14H2,1H3,(H,27,29)/t19-,20+,22?/m1/s1. The van der Waals surface area contributed by atoms with E-state index in [1.165, 1.54) is 6.07 Å². The summed E-state index contributed by atoms with van der Waals surface area (Å²) in [6.07, 6.45) is 4.30. The maximum absolute atomic E-state index is 14.5. The van der Waals surface area contributed by atoms with Crippen LogP contribution in [0.5, 0.6) is 0 Å². The molecule has 3 atom stereocenters. The summed E-state index contributed by atoms with van der Waals surface area (Å²) < 4.78 is 16.3. The number of hydrogen-bond donors (Lipinski definition) is 2. The van der Waals surface area contributed by atoms with Gasteiger partial charge in [-0.25, -0.2) is 4.39 Å². The highest BCUT2D eigenvalue weighted by Gasteiger charge is 2.35.